The van der Waals surface area contributed by atoms with Crippen molar-refractivity contribution < 1.29 is 0 Å². The van der Waals surface area contributed by atoms with Crippen molar-refractivity contribution >= 4 is 0 Å². The molecule has 0 bridgehead atoms. The van der Waals surface area contributed by atoms with Crippen LogP contribution in [0.4, 0.5) is 0 Å². The molecule has 0 aliphatic heterocycles. The first-order valence-electron chi connectivity index (χ1n) is 7.08. The quantitative estimate of drug-likeness (QED) is 0.700. The van der Waals surface area contributed by atoms with E-state index in [1.54, 1.807) is 0 Å². The van der Waals surface area contributed by atoms with Crippen molar-refractivity contribution in [3.8, 4) is 6.07 Å². The summed E-state index contributed by atoms with van der Waals surface area (Å²) in [5.41, 5.74) is 0. The fraction of sp³-hybridized carbons (Fsp3) is 0.929. The van der Waals surface area contributed by atoms with Crippen LogP contribution < -0.4 is 5.32 Å². The molecule has 1 atom stereocenters. The third-order valence-electron chi connectivity index (χ3n) is 3.54. The minimum absolute atomic E-state index is 0.0657. The molecule has 0 heterocycles. The van der Waals surface area contributed by atoms with E-state index in [1.807, 2.05) is 0 Å². The Morgan fingerprint density at radius 3 is 2.47 bits per heavy atom. The topological polar surface area (TPSA) is 39.1 Å². The van der Waals surface area contributed by atoms with E-state index in [2.05, 4.69) is 30.1 Å². The smallest absolute Gasteiger partial charge is 0.0967 e. The molecule has 17 heavy (non-hydrogen) atoms. The van der Waals surface area contributed by atoms with Gasteiger partial charge in [0.15, 0.2) is 0 Å². The summed E-state index contributed by atoms with van der Waals surface area (Å²) >= 11 is 0. The maximum Gasteiger partial charge on any atom is 0.0967 e. The Kier molecular flexibility index (Phi) is 4.42. The molecule has 2 fully saturated rings. The van der Waals surface area contributed by atoms with Crippen LogP contribution in [0.15, 0.2) is 0 Å². The molecular weight excluding hydrogens is 210 g/mol. The molecule has 2 rings (SSSR count). The lowest BCUT2D eigenvalue weighted by molar-refractivity contribution is 0.226. The largest absolute Gasteiger partial charge is 0.300 e. The number of rotatable bonds is 8. The monoisotopic (exact) mass is 235 g/mol. The molecule has 0 saturated heterocycles. The Balaban J connectivity index is 1.71. The SMILES string of the molecule is CC(C)CN(CCC(C#N)NC1CC1)C1CC1. The number of nitrogens with one attached hydrogen (secondary N) is 1. The van der Waals surface area contributed by atoms with Crippen LogP contribution in [0.5, 0.6) is 0 Å². The molecular formula is C14H25N3. The van der Waals surface area contributed by atoms with Gasteiger partial charge < -0.3 is 4.90 Å². The second kappa shape index (κ2) is 5.84. The third kappa shape index (κ3) is 4.65. The van der Waals surface area contributed by atoms with E-state index in [0.29, 0.717) is 6.04 Å². The summed E-state index contributed by atoms with van der Waals surface area (Å²) < 4.78 is 0. The van der Waals surface area contributed by atoms with Gasteiger partial charge in [-0.3, -0.25) is 5.32 Å². The van der Waals surface area contributed by atoms with Crippen molar-refractivity contribution in [2.24, 2.45) is 5.92 Å². The van der Waals surface area contributed by atoms with Gasteiger partial charge in [-0.2, -0.15) is 5.26 Å². The van der Waals surface area contributed by atoms with Crippen LogP contribution in [0, 0.1) is 17.2 Å². The minimum Gasteiger partial charge on any atom is -0.300 e. The van der Waals surface area contributed by atoms with Gasteiger partial charge >= 0.3 is 0 Å². The second-order valence-corrected chi connectivity index (χ2v) is 6.03. The second-order valence-electron chi connectivity index (χ2n) is 6.03. The molecule has 2 aliphatic carbocycles. The lowest BCUT2D eigenvalue weighted by Crippen LogP contribution is -2.37. The summed E-state index contributed by atoms with van der Waals surface area (Å²) in [6.45, 7) is 6.83. The number of hydrogen-bond acceptors (Lipinski definition) is 3. The lowest BCUT2D eigenvalue weighted by Gasteiger charge is -2.25. The van der Waals surface area contributed by atoms with E-state index in [1.165, 1.54) is 32.2 Å². The highest BCUT2D eigenvalue weighted by Crippen LogP contribution is 2.28. The van der Waals surface area contributed by atoms with Crippen LogP contribution in [-0.2, 0) is 0 Å². The Bertz CT molecular complexity index is 274. The standard InChI is InChI=1S/C14H25N3/c1-11(2)10-17(14-5-6-14)8-7-13(9-15)16-12-3-4-12/h11-14,16H,3-8,10H2,1-2H3. The van der Waals surface area contributed by atoms with E-state index in [4.69, 9.17) is 5.26 Å². The molecule has 0 aromatic heterocycles. The molecule has 2 aliphatic rings. The highest BCUT2D eigenvalue weighted by atomic mass is 15.2. The normalized spacial score (nSPS) is 21.8. The van der Waals surface area contributed by atoms with Crippen molar-refractivity contribution in [3.05, 3.63) is 0 Å². The van der Waals surface area contributed by atoms with Gasteiger partial charge in [-0.1, -0.05) is 13.8 Å². The highest BCUT2D eigenvalue weighted by molar-refractivity contribution is 4.96. The van der Waals surface area contributed by atoms with Gasteiger partial charge in [0.05, 0.1) is 12.1 Å². The fourth-order valence-electron chi connectivity index (χ4n) is 2.35. The molecule has 2 saturated carbocycles. The van der Waals surface area contributed by atoms with Gasteiger partial charge in [0.1, 0.15) is 0 Å². The van der Waals surface area contributed by atoms with Crippen LogP contribution in [0.1, 0.15) is 46.0 Å². The molecule has 3 heteroatoms. The number of hydrogen-bond donors (Lipinski definition) is 1. The molecule has 0 radical (unpaired) electrons. The average molecular weight is 235 g/mol. The van der Waals surface area contributed by atoms with Gasteiger partial charge in [-0.05, 0) is 38.0 Å². The first-order valence-corrected chi connectivity index (χ1v) is 7.08. The van der Waals surface area contributed by atoms with Gasteiger partial charge in [0, 0.05) is 25.2 Å². The molecule has 0 amide bonds. The van der Waals surface area contributed by atoms with Gasteiger partial charge in [0.2, 0.25) is 0 Å². The summed E-state index contributed by atoms with van der Waals surface area (Å²) in [6, 6.07) is 3.92. The summed E-state index contributed by atoms with van der Waals surface area (Å²) in [6.07, 6.45) is 6.23. The summed E-state index contributed by atoms with van der Waals surface area (Å²) in [5.74, 6) is 0.729. The minimum atomic E-state index is 0.0657. The predicted molar refractivity (Wildman–Crippen MR) is 69.6 cm³/mol. The molecule has 96 valence electrons. The maximum absolute atomic E-state index is 9.12. The summed E-state index contributed by atoms with van der Waals surface area (Å²) in [4.78, 5) is 2.59. The summed E-state index contributed by atoms with van der Waals surface area (Å²) in [7, 11) is 0. The first kappa shape index (κ1) is 12.9. The predicted octanol–water partition coefficient (Wildman–Crippen LogP) is 2.14. The van der Waals surface area contributed by atoms with E-state index in [-0.39, 0.29) is 6.04 Å². The lowest BCUT2D eigenvalue weighted by atomic mass is 10.1. The zero-order valence-electron chi connectivity index (χ0n) is 11.2. The van der Waals surface area contributed by atoms with Crippen LogP contribution >= 0.6 is 0 Å². The zero-order chi connectivity index (χ0) is 12.3. The Labute approximate surface area is 105 Å². The van der Waals surface area contributed by atoms with E-state index in [9.17, 15) is 0 Å². The van der Waals surface area contributed by atoms with Crippen molar-refractivity contribution in [2.45, 2.75) is 64.1 Å². The summed E-state index contributed by atoms with van der Waals surface area (Å²) in [5, 5.41) is 12.5. The Morgan fingerprint density at radius 2 is 2.00 bits per heavy atom. The van der Waals surface area contributed by atoms with Crippen molar-refractivity contribution in [1.82, 2.24) is 10.2 Å². The van der Waals surface area contributed by atoms with Crippen molar-refractivity contribution in [2.75, 3.05) is 13.1 Å². The van der Waals surface area contributed by atoms with Crippen LogP contribution in [0.25, 0.3) is 0 Å². The molecule has 3 nitrogen and oxygen atoms in total. The molecule has 0 aromatic rings. The van der Waals surface area contributed by atoms with Crippen LogP contribution in [0.2, 0.25) is 0 Å². The zero-order valence-corrected chi connectivity index (χ0v) is 11.2. The Hall–Kier alpha value is -0.590. The van der Waals surface area contributed by atoms with Gasteiger partial charge in [-0.15, -0.1) is 0 Å². The maximum atomic E-state index is 9.12. The highest BCUT2D eigenvalue weighted by Gasteiger charge is 2.30. The molecule has 0 aromatic carbocycles. The van der Waals surface area contributed by atoms with E-state index in [0.717, 1.165) is 24.9 Å². The molecule has 1 unspecified atom stereocenters. The van der Waals surface area contributed by atoms with E-state index < -0.39 is 0 Å². The van der Waals surface area contributed by atoms with Crippen LogP contribution in [-0.4, -0.2) is 36.1 Å². The molecule has 1 N–H and O–H groups in total. The number of nitrogens with zero attached hydrogens (tertiary/aromatic N) is 2. The van der Waals surface area contributed by atoms with Crippen molar-refractivity contribution in [3.63, 3.8) is 0 Å². The number of nitriles is 1. The van der Waals surface area contributed by atoms with Crippen molar-refractivity contribution in [1.29, 1.82) is 5.26 Å². The first-order chi connectivity index (χ1) is 8.19. The van der Waals surface area contributed by atoms with Crippen LogP contribution in [0.3, 0.4) is 0 Å². The van der Waals surface area contributed by atoms with Gasteiger partial charge in [0.25, 0.3) is 0 Å². The van der Waals surface area contributed by atoms with Gasteiger partial charge in [-0.25, -0.2) is 0 Å². The van der Waals surface area contributed by atoms with E-state index >= 15 is 0 Å². The fourth-order valence-corrected chi connectivity index (χ4v) is 2.35. The average Bonchev–Trinajstić information content (AvgIpc) is 3.15. The third-order valence-corrected chi connectivity index (χ3v) is 3.54. The molecule has 0 spiro atoms. The Morgan fingerprint density at radius 1 is 1.29 bits per heavy atom.